The molecule has 1 aliphatic heterocycles. The van der Waals surface area contributed by atoms with Crippen LogP contribution in [0.3, 0.4) is 0 Å². The fraction of sp³-hybridized carbons (Fsp3) is 0.455. The highest BCUT2D eigenvalue weighted by atomic mass is 32.2. The zero-order chi connectivity index (χ0) is 12.8. The van der Waals surface area contributed by atoms with E-state index in [4.69, 9.17) is 0 Å². The standard InChI is InChI=1S/C11H14N4O2S/c1-18(16,17)11-6-12-14(8-11)7-9-5-10-3-2-4-15(10)13-9/h5-6,8H,2-4,7H2,1H3. The zero-order valence-electron chi connectivity index (χ0n) is 10.1. The van der Waals surface area contributed by atoms with Crippen LogP contribution in [0.1, 0.15) is 17.8 Å². The first-order valence-electron chi connectivity index (χ1n) is 5.80. The van der Waals surface area contributed by atoms with E-state index in [-0.39, 0.29) is 4.90 Å². The molecule has 1 aliphatic rings. The molecule has 0 aliphatic carbocycles. The van der Waals surface area contributed by atoms with Gasteiger partial charge < -0.3 is 0 Å². The van der Waals surface area contributed by atoms with E-state index >= 15 is 0 Å². The summed E-state index contributed by atoms with van der Waals surface area (Å²) < 4.78 is 26.3. The molecule has 7 heteroatoms. The van der Waals surface area contributed by atoms with Crippen LogP contribution in [-0.4, -0.2) is 34.2 Å². The van der Waals surface area contributed by atoms with Gasteiger partial charge in [-0.3, -0.25) is 9.36 Å². The average molecular weight is 266 g/mol. The molecule has 0 unspecified atom stereocenters. The van der Waals surface area contributed by atoms with E-state index in [0.29, 0.717) is 6.54 Å². The molecule has 0 radical (unpaired) electrons. The highest BCUT2D eigenvalue weighted by Gasteiger charge is 2.15. The van der Waals surface area contributed by atoms with Gasteiger partial charge in [0.25, 0.3) is 0 Å². The summed E-state index contributed by atoms with van der Waals surface area (Å²) in [7, 11) is -3.18. The third-order valence-electron chi connectivity index (χ3n) is 3.08. The third-order valence-corrected chi connectivity index (χ3v) is 4.15. The second kappa shape index (κ2) is 3.94. The van der Waals surface area contributed by atoms with E-state index in [2.05, 4.69) is 16.3 Å². The predicted molar refractivity (Wildman–Crippen MR) is 65.0 cm³/mol. The number of hydrogen-bond acceptors (Lipinski definition) is 4. The van der Waals surface area contributed by atoms with Gasteiger partial charge in [0, 0.05) is 24.7 Å². The second-order valence-corrected chi connectivity index (χ2v) is 6.62. The summed E-state index contributed by atoms with van der Waals surface area (Å²) in [6, 6.07) is 2.06. The molecule has 0 amide bonds. The number of rotatable bonds is 3. The third kappa shape index (κ3) is 2.05. The van der Waals surface area contributed by atoms with Crippen LogP contribution in [-0.2, 0) is 29.3 Å². The van der Waals surface area contributed by atoms with Gasteiger partial charge in [0.2, 0.25) is 0 Å². The largest absolute Gasteiger partial charge is 0.269 e. The molecule has 0 atom stereocenters. The molecule has 3 rings (SSSR count). The number of nitrogens with zero attached hydrogens (tertiary/aromatic N) is 4. The Hall–Kier alpha value is -1.63. The lowest BCUT2D eigenvalue weighted by Gasteiger charge is -1.97. The fourth-order valence-electron chi connectivity index (χ4n) is 2.19. The molecular formula is C11H14N4O2S. The van der Waals surface area contributed by atoms with Gasteiger partial charge in [-0.15, -0.1) is 0 Å². The van der Waals surface area contributed by atoms with Gasteiger partial charge >= 0.3 is 0 Å². The average Bonchev–Trinajstić information content (AvgIpc) is 2.90. The summed E-state index contributed by atoms with van der Waals surface area (Å²) in [4.78, 5) is 0.245. The van der Waals surface area contributed by atoms with Crippen LogP contribution in [0.4, 0.5) is 0 Å². The minimum absolute atomic E-state index is 0.245. The summed E-state index contributed by atoms with van der Waals surface area (Å²) in [6.45, 7) is 1.48. The monoisotopic (exact) mass is 266 g/mol. The van der Waals surface area contributed by atoms with Crippen molar-refractivity contribution < 1.29 is 8.42 Å². The van der Waals surface area contributed by atoms with Crippen LogP contribution in [0.5, 0.6) is 0 Å². The Morgan fingerprint density at radius 3 is 2.94 bits per heavy atom. The topological polar surface area (TPSA) is 69.8 Å². The Morgan fingerprint density at radius 2 is 2.28 bits per heavy atom. The van der Waals surface area contributed by atoms with Gasteiger partial charge in [0.05, 0.1) is 18.4 Å². The van der Waals surface area contributed by atoms with Crippen LogP contribution < -0.4 is 0 Å². The van der Waals surface area contributed by atoms with E-state index in [0.717, 1.165) is 25.1 Å². The Morgan fingerprint density at radius 1 is 1.44 bits per heavy atom. The Bertz CT molecular complexity index is 662. The maximum absolute atomic E-state index is 11.3. The summed E-state index contributed by atoms with van der Waals surface area (Å²) in [5.41, 5.74) is 2.17. The summed E-state index contributed by atoms with van der Waals surface area (Å²) in [5, 5.41) is 8.51. The molecule has 0 bridgehead atoms. The SMILES string of the molecule is CS(=O)(=O)c1cnn(Cc2cc3n(n2)CCC3)c1. The first kappa shape index (κ1) is 11.5. The van der Waals surface area contributed by atoms with Crippen molar-refractivity contribution in [1.82, 2.24) is 19.6 Å². The van der Waals surface area contributed by atoms with Crippen molar-refractivity contribution in [2.45, 2.75) is 30.8 Å². The van der Waals surface area contributed by atoms with Gasteiger partial charge in [-0.05, 0) is 18.9 Å². The van der Waals surface area contributed by atoms with Gasteiger partial charge in [-0.1, -0.05) is 0 Å². The second-order valence-electron chi connectivity index (χ2n) is 4.60. The molecule has 2 aromatic rings. The Labute approximate surface area is 105 Å². The van der Waals surface area contributed by atoms with Crippen LogP contribution >= 0.6 is 0 Å². The lowest BCUT2D eigenvalue weighted by Crippen LogP contribution is -2.03. The molecule has 0 saturated carbocycles. The van der Waals surface area contributed by atoms with E-state index in [1.165, 1.54) is 18.1 Å². The van der Waals surface area contributed by atoms with Gasteiger partial charge in [-0.25, -0.2) is 8.42 Å². The minimum Gasteiger partial charge on any atom is -0.269 e. The van der Waals surface area contributed by atoms with Crippen molar-refractivity contribution >= 4 is 9.84 Å². The highest BCUT2D eigenvalue weighted by molar-refractivity contribution is 7.90. The lowest BCUT2D eigenvalue weighted by molar-refractivity contribution is 0.600. The Kier molecular flexibility index (Phi) is 2.51. The molecule has 2 aromatic heterocycles. The molecule has 0 aromatic carbocycles. The van der Waals surface area contributed by atoms with Crippen molar-refractivity contribution in [1.29, 1.82) is 0 Å². The molecule has 0 N–H and O–H groups in total. The van der Waals surface area contributed by atoms with E-state index in [9.17, 15) is 8.42 Å². The molecule has 0 spiro atoms. The van der Waals surface area contributed by atoms with Crippen LogP contribution in [0.15, 0.2) is 23.4 Å². The summed E-state index contributed by atoms with van der Waals surface area (Å²) in [6.07, 6.45) is 6.32. The maximum Gasteiger partial charge on any atom is 0.178 e. The Balaban J connectivity index is 1.82. The van der Waals surface area contributed by atoms with Crippen molar-refractivity contribution in [3.05, 3.63) is 29.8 Å². The highest BCUT2D eigenvalue weighted by Crippen LogP contribution is 2.16. The number of aryl methyl sites for hydroxylation is 2. The van der Waals surface area contributed by atoms with Crippen molar-refractivity contribution in [2.75, 3.05) is 6.26 Å². The number of hydrogen-bond donors (Lipinski definition) is 0. The minimum atomic E-state index is -3.18. The fourth-order valence-corrected chi connectivity index (χ4v) is 2.74. The zero-order valence-corrected chi connectivity index (χ0v) is 10.9. The van der Waals surface area contributed by atoms with E-state index in [1.807, 2.05) is 4.68 Å². The molecule has 96 valence electrons. The normalized spacial score (nSPS) is 14.9. The van der Waals surface area contributed by atoms with Crippen LogP contribution in [0.2, 0.25) is 0 Å². The first-order valence-corrected chi connectivity index (χ1v) is 7.69. The molecule has 0 saturated heterocycles. The quantitative estimate of drug-likeness (QED) is 0.810. The first-order chi connectivity index (χ1) is 8.52. The van der Waals surface area contributed by atoms with Crippen LogP contribution in [0, 0.1) is 0 Å². The van der Waals surface area contributed by atoms with Gasteiger partial charge in [-0.2, -0.15) is 10.2 Å². The van der Waals surface area contributed by atoms with E-state index < -0.39 is 9.84 Å². The van der Waals surface area contributed by atoms with Crippen molar-refractivity contribution in [3.8, 4) is 0 Å². The van der Waals surface area contributed by atoms with Gasteiger partial charge in [0.15, 0.2) is 9.84 Å². The smallest absolute Gasteiger partial charge is 0.178 e. The molecule has 18 heavy (non-hydrogen) atoms. The number of fused-ring (bicyclic) bond motifs is 1. The molecule has 0 fully saturated rings. The molecular weight excluding hydrogens is 252 g/mol. The van der Waals surface area contributed by atoms with E-state index in [1.54, 1.807) is 10.9 Å². The number of aromatic nitrogens is 4. The van der Waals surface area contributed by atoms with Crippen LogP contribution in [0.25, 0.3) is 0 Å². The van der Waals surface area contributed by atoms with Gasteiger partial charge in [0.1, 0.15) is 4.90 Å². The lowest BCUT2D eigenvalue weighted by atomic mass is 10.3. The molecule has 3 heterocycles. The maximum atomic E-state index is 11.3. The number of sulfone groups is 1. The van der Waals surface area contributed by atoms with Crippen molar-refractivity contribution in [3.63, 3.8) is 0 Å². The summed E-state index contributed by atoms with van der Waals surface area (Å²) >= 11 is 0. The predicted octanol–water partition coefficient (Wildman–Crippen LogP) is 0.478. The summed E-state index contributed by atoms with van der Waals surface area (Å²) in [5.74, 6) is 0. The molecule has 6 nitrogen and oxygen atoms in total. The van der Waals surface area contributed by atoms with Crippen molar-refractivity contribution in [2.24, 2.45) is 0 Å².